The molecule has 2 rings (SSSR count). The van der Waals surface area contributed by atoms with Crippen molar-refractivity contribution in [1.29, 1.82) is 0 Å². The molecule has 2 aromatic heterocycles. The lowest BCUT2D eigenvalue weighted by Crippen LogP contribution is -2.28. The van der Waals surface area contributed by atoms with Crippen molar-refractivity contribution in [2.24, 2.45) is 19.9 Å². The van der Waals surface area contributed by atoms with Crippen LogP contribution in [-0.2, 0) is 20.5 Å². The molecule has 0 bridgehead atoms. The molecule has 19 heavy (non-hydrogen) atoms. The number of aryl methyl sites for hydroxylation is 3. The van der Waals surface area contributed by atoms with E-state index in [0.717, 1.165) is 24.4 Å². The van der Waals surface area contributed by atoms with Gasteiger partial charge >= 0.3 is 0 Å². The molecule has 0 aliphatic rings. The smallest absolute Gasteiger partial charge is 0.211 e. The van der Waals surface area contributed by atoms with E-state index in [-0.39, 0.29) is 6.04 Å². The average molecular weight is 264 g/mol. The summed E-state index contributed by atoms with van der Waals surface area (Å²) in [6, 6.07) is 1.89. The van der Waals surface area contributed by atoms with E-state index in [1.807, 2.05) is 32.6 Å². The van der Waals surface area contributed by atoms with Crippen LogP contribution in [0.15, 0.2) is 18.5 Å². The number of hydrazine groups is 1. The Morgan fingerprint density at radius 2 is 2.26 bits per heavy atom. The van der Waals surface area contributed by atoms with E-state index in [0.29, 0.717) is 0 Å². The molecular weight excluding hydrogens is 244 g/mol. The van der Waals surface area contributed by atoms with Crippen molar-refractivity contribution < 1.29 is 4.74 Å². The lowest BCUT2D eigenvalue weighted by Gasteiger charge is -2.12. The van der Waals surface area contributed by atoms with Gasteiger partial charge in [0.05, 0.1) is 25.0 Å². The highest BCUT2D eigenvalue weighted by molar-refractivity contribution is 5.19. The number of aromatic nitrogens is 4. The number of nitrogens with zero attached hydrogens (tertiary/aromatic N) is 4. The fourth-order valence-electron chi connectivity index (χ4n) is 2.06. The maximum absolute atomic E-state index is 5.61. The first-order valence-electron chi connectivity index (χ1n) is 6.15. The Hall–Kier alpha value is -1.86. The summed E-state index contributed by atoms with van der Waals surface area (Å²) in [6.07, 6.45) is 5.61. The topological polar surface area (TPSA) is 82.9 Å². The fourth-order valence-corrected chi connectivity index (χ4v) is 2.06. The predicted molar refractivity (Wildman–Crippen MR) is 71.4 cm³/mol. The van der Waals surface area contributed by atoms with E-state index >= 15 is 0 Å². The summed E-state index contributed by atoms with van der Waals surface area (Å²) < 4.78 is 8.70. The van der Waals surface area contributed by atoms with Crippen molar-refractivity contribution in [2.45, 2.75) is 18.9 Å². The van der Waals surface area contributed by atoms with Gasteiger partial charge in [-0.2, -0.15) is 10.2 Å². The van der Waals surface area contributed by atoms with Gasteiger partial charge in [-0.1, -0.05) is 0 Å². The highest BCUT2D eigenvalue weighted by Crippen LogP contribution is 2.21. The summed E-state index contributed by atoms with van der Waals surface area (Å²) in [4.78, 5) is 0. The summed E-state index contributed by atoms with van der Waals surface area (Å²) in [5.41, 5.74) is 4.87. The van der Waals surface area contributed by atoms with Crippen LogP contribution in [0.4, 0.5) is 0 Å². The SMILES string of the molecule is COc1cc(C(CCc2cnn(C)c2)NN)nn1C. The van der Waals surface area contributed by atoms with E-state index in [2.05, 4.69) is 15.6 Å². The maximum atomic E-state index is 5.61. The lowest BCUT2D eigenvalue weighted by atomic mass is 10.1. The van der Waals surface area contributed by atoms with Crippen LogP contribution in [-0.4, -0.2) is 26.7 Å². The van der Waals surface area contributed by atoms with Gasteiger partial charge in [0.15, 0.2) is 0 Å². The summed E-state index contributed by atoms with van der Waals surface area (Å²) in [6.45, 7) is 0. The second kappa shape index (κ2) is 5.85. The first-order chi connectivity index (χ1) is 9.13. The van der Waals surface area contributed by atoms with Crippen LogP contribution in [0.25, 0.3) is 0 Å². The Balaban J connectivity index is 2.03. The largest absolute Gasteiger partial charge is 0.481 e. The zero-order chi connectivity index (χ0) is 13.8. The number of ether oxygens (including phenoxy) is 1. The van der Waals surface area contributed by atoms with Gasteiger partial charge in [0, 0.05) is 26.4 Å². The van der Waals surface area contributed by atoms with Gasteiger partial charge in [-0.3, -0.25) is 16.0 Å². The molecule has 7 nitrogen and oxygen atoms in total. The third kappa shape index (κ3) is 3.12. The first-order valence-corrected chi connectivity index (χ1v) is 6.15. The van der Waals surface area contributed by atoms with E-state index in [9.17, 15) is 0 Å². The third-order valence-electron chi connectivity index (χ3n) is 3.10. The first kappa shape index (κ1) is 13.6. The van der Waals surface area contributed by atoms with Crippen molar-refractivity contribution in [3.8, 4) is 5.88 Å². The van der Waals surface area contributed by atoms with Crippen LogP contribution in [0.3, 0.4) is 0 Å². The van der Waals surface area contributed by atoms with Gasteiger partial charge in [-0.05, 0) is 18.4 Å². The van der Waals surface area contributed by atoms with Gasteiger partial charge < -0.3 is 4.74 Å². The van der Waals surface area contributed by atoms with E-state index in [1.165, 1.54) is 5.56 Å². The molecule has 0 saturated heterocycles. The molecule has 2 aromatic rings. The van der Waals surface area contributed by atoms with Crippen LogP contribution in [0, 0.1) is 0 Å². The van der Waals surface area contributed by atoms with Crippen LogP contribution in [0.5, 0.6) is 5.88 Å². The molecule has 0 amide bonds. The number of hydrogen-bond acceptors (Lipinski definition) is 5. The minimum Gasteiger partial charge on any atom is -0.481 e. The Labute approximate surface area is 112 Å². The van der Waals surface area contributed by atoms with Gasteiger partial charge in [0.25, 0.3) is 0 Å². The Bertz CT molecular complexity index is 532. The van der Waals surface area contributed by atoms with E-state index in [4.69, 9.17) is 10.6 Å². The van der Waals surface area contributed by atoms with Crippen molar-refractivity contribution in [3.63, 3.8) is 0 Å². The van der Waals surface area contributed by atoms with Crippen LogP contribution < -0.4 is 16.0 Å². The normalized spacial score (nSPS) is 12.6. The van der Waals surface area contributed by atoms with Crippen molar-refractivity contribution in [1.82, 2.24) is 25.0 Å². The lowest BCUT2D eigenvalue weighted by molar-refractivity contribution is 0.373. The third-order valence-corrected chi connectivity index (χ3v) is 3.10. The van der Waals surface area contributed by atoms with Crippen molar-refractivity contribution >= 4 is 0 Å². The zero-order valence-corrected chi connectivity index (χ0v) is 11.5. The Kier molecular flexibility index (Phi) is 4.18. The summed E-state index contributed by atoms with van der Waals surface area (Å²) in [5, 5.41) is 8.55. The number of rotatable bonds is 6. The van der Waals surface area contributed by atoms with Crippen LogP contribution >= 0.6 is 0 Å². The minimum absolute atomic E-state index is 0.00435. The molecule has 3 N–H and O–H groups in total. The second-order valence-electron chi connectivity index (χ2n) is 4.52. The molecule has 0 spiro atoms. The van der Waals surface area contributed by atoms with Crippen molar-refractivity contribution in [2.75, 3.05) is 7.11 Å². The number of nitrogens with one attached hydrogen (secondary N) is 1. The number of nitrogens with two attached hydrogens (primary N) is 1. The molecule has 1 unspecified atom stereocenters. The van der Waals surface area contributed by atoms with E-state index < -0.39 is 0 Å². The highest BCUT2D eigenvalue weighted by Gasteiger charge is 2.15. The molecule has 2 heterocycles. The maximum Gasteiger partial charge on any atom is 0.211 e. The zero-order valence-electron chi connectivity index (χ0n) is 11.5. The molecule has 7 heteroatoms. The average Bonchev–Trinajstić information content (AvgIpc) is 2.96. The summed E-state index contributed by atoms with van der Waals surface area (Å²) in [5.74, 6) is 6.33. The predicted octanol–water partition coefficient (Wildman–Crippen LogP) is 0.299. The van der Waals surface area contributed by atoms with E-state index in [1.54, 1.807) is 16.5 Å². The molecule has 0 saturated carbocycles. The molecule has 0 radical (unpaired) electrons. The minimum atomic E-state index is -0.00435. The summed E-state index contributed by atoms with van der Waals surface area (Å²) in [7, 11) is 5.38. The number of methoxy groups -OCH3 is 1. The molecule has 0 aliphatic carbocycles. The quantitative estimate of drug-likeness (QED) is 0.579. The Morgan fingerprint density at radius 1 is 1.47 bits per heavy atom. The van der Waals surface area contributed by atoms with Crippen LogP contribution in [0.2, 0.25) is 0 Å². The monoisotopic (exact) mass is 264 g/mol. The molecule has 104 valence electrons. The van der Waals surface area contributed by atoms with Crippen LogP contribution in [0.1, 0.15) is 23.7 Å². The van der Waals surface area contributed by atoms with Gasteiger partial charge in [0.2, 0.25) is 5.88 Å². The van der Waals surface area contributed by atoms with Gasteiger partial charge in [0.1, 0.15) is 0 Å². The molecular formula is C12H20N6O. The van der Waals surface area contributed by atoms with Gasteiger partial charge in [-0.25, -0.2) is 4.68 Å². The second-order valence-corrected chi connectivity index (χ2v) is 4.52. The Morgan fingerprint density at radius 3 is 2.79 bits per heavy atom. The molecule has 0 aromatic carbocycles. The molecule has 0 fully saturated rings. The highest BCUT2D eigenvalue weighted by atomic mass is 16.5. The standard InChI is InChI=1S/C12H20N6O/c1-17-8-9(7-14-17)4-5-10(15-13)11-6-12(19-3)18(2)16-11/h6-8,10,15H,4-5,13H2,1-3H3. The summed E-state index contributed by atoms with van der Waals surface area (Å²) >= 11 is 0. The molecule has 0 aliphatic heterocycles. The number of hydrogen-bond donors (Lipinski definition) is 2. The molecule has 1 atom stereocenters. The van der Waals surface area contributed by atoms with Gasteiger partial charge in [-0.15, -0.1) is 0 Å². The van der Waals surface area contributed by atoms with Crippen molar-refractivity contribution in [3.05, 3.63) is 29.7 Å². The fraction of sp³-hybridized carbons (Fsp3) is 0.500.